The number of rotatable bonds is 10. The summed E-state index contributed by atoms with van der Waals surface area (Å²) in [4.78, 5) is 19.4. The number of nitrogens with two attached hydrogens (primary N) is 1. The number of pyridine rings is 1. The van der Waals surface area contributed by atoms with E-state index in [9.17, 15) is 4.39 Å². The van der Waals surface area contributed by atoms with Crippen molar-refractivity contribution in [3.63, 3.8) is 0 Å². The Morgan fingerprint density at radius 1 is 1.06 bits per heavy atom. The fourth-order valence-electron chi connectivity index (χ4n) is 3.54. The van der Waals surface area contributed by atoms with Crippen molar-refractivity contribution in [3.8, 4) is 23.1 Å². The quantitative estimate of drug-likeness (QED) is 0.356. The lowest BCUT2D eigenvalue weighted by atomic mass is 10.2. The molecule has 0 aliphatic heterocycles. The molecule has 0 aliphatic rings. The van der Waals surface area contributed by atoms with Crippen molar-refractivity contribution in [3.05, 3.63) is 54.1 Å². The van der Waals surface area contributed by atoms with Crippen LogP contribution in [0.2, 0.25) is 0 Å². The maximum Gasteiger partial charge on any atom is 0.320 e. The molecule has 2 N–H and O–H groups in total. The number of hydrogen-bond acceptors (Lipinski definition) is 8. The molecule has 4 rings (SSSR count). The second kappa shape index (κ2) is 10.4. The normalized spacial score (nSPS) is 11.3. The maximum atomic E-state index is 13.9. The van der Waals surface area contributed by atoms with E-state index in [0.29, 0.717) is 42.3 Å². The molecule has 0 fully saturated rings. The summed E-state index contributed by atoms with van der Waals surface area (Å²) in [5, 5.41) is 0. The van der Waals surface area contributed by atoms with Gasteiger partial charge in [0.2, 0.25) is 0 Å². The SMILES string of the molecule is CCOc1nc(N)c2nc(-c3cncc(F)c3)n(Cc3ccc(OCCCN(C)C)cc3)c2n1. The summed E-state index contributed by atoms with van der Waals surface area (Å²) in [5.74, 6) is 1.03. The molecule has 10 heteroatoms. The van der Waals surface area contributed by atoms with Gasteiger partial charge in [-0.05, 0) is 51.2 Å². The highest BCUT2D eigenvalue weighted by Gasteiger charge is 2.19. The molecule has 34 heavy (non-hydrogen) atoms. The molecule has 9 nitrogen and oxygen atoms in total. The third-order valence-corrected chi connectivity index (χ3v) is 5.12. The molecule has 1 aromatic carbocycles. The van der Waals surface area contributed by atoms with Crippen molar-refractivity contribution in [1.29, 1.82) is 0 Å². The number of imidazole rings is 1. The van der Waals surface area contributed by atoms with Crippen molar-refractivity contribution >= 4 is 17.0 Å². The summed E-state index contributed by atoms with van der Waals surface area (Å²) >= 11 is 0. The molecule has 0 radical (unpaired) electrons. The summed E-state index contributed by atoms with van der Waals surface area (Å²) in [5.41, 5.74) is 8.57. The topological polar surface area (TPSA) is 104 Å². The Labute approximate surface area is 197 Å². The van der Waals surface area contributed by atoms with Crippen LogP contribution in [0.3, 0.4) is 0 Å². The van der Waals surface area contributed by atoms with E-state index in [1.165, 1.54) is 6.07 Å². The molecular weight excluding hydrogens is 437 g/mol. The molecule has 0 saturated heterocycles. The van der Waals surface area contributed by atoms with Gasteiger partial charge >= 0.3 is 6.01 Å². The number of anilines is 1. The fourth-order valence-corrected chi connectivity index (χ4v) is 3.54. The highest BCUT2D eigenvalue weighted by atomic mass is 19.1. The molecule has 178 valence electrons. The average molecular weight is 466 g/mol. The first-order valence-electron chi connectivity index (χ1n) is 11.1. The van der Waals surface area contributed by atoms with Gasteiger partial charge in [0.1, 0.15) is 17.4 Å². The van der Waals surface area contributed by atoms with Crippen LogP contribution in [-0.2, 0) is 6.54 Å². The lowest BCUT2D eigenvalue weighted by Gasteiger charge is -2.12. The molecule has 0 aliphatic carbocycles. The first-order chi connectivity index (χ1) is 16.4. The Morgan fingerprint density at radius 3 is 2.56 bits per heavy atom. The average Bonchev–Trinajstić information content (AvgIpc) is 3.17. The van der Waals surface area contributed by atoms with Crippen molar-refractivity contribution < 1.29 is 13.9 Å². The van der Waals surface area contributed by atoms with Gasteiger partial charge in [0.25, 0.3) is 0 Å². The maximum absolute atomic E-state index is 13.9. The summed E-state index contributed by atoms with van der Waals surface area (Å²) in [6, 6.07) is 9.37. The number of nitrogens with zero attached hydrogens (tertiary/aromatic N) is 6. The molecule has 3 heterocycles. The van der Waals surface area contributed by atoms with E-state index >= 15 is 0 Å². The number of nitrogen functional groups attached to an aromatic ring is 1. The Kier molecular flexibility index (Phi) is 7.17. The van der Waals surface area contributed by atoms with E-state index in [1.807, 2.05) is 49.9 Å². The van der Waals surface area contributed by atoms with E-state index in [2.05, 4.69) is 24.8 Å². The third-order valence-electron chi connectivity index (χ3n) is 5.12. The molecule has 0 saturated carbocycles. The number of ether oxygens (including phenoxy) is 2. The second-order valence-electron chi connectivity index (χ2n) is 8.06. The predicted molar refractivity (Wildman–Crippen MR) is 128 cm³/mol. The zero-order valence-corrected chi connectivity index (χ0v) is 19.5. The minimum Gasteiger partial charge on any atom is -0.494 e. The van der Waals surface area contributed by atoms with Gasteiger partial charge < -0.3 is 24.7 Å². The zero-order chi connectivity index (χ0) is 24.1. The van der Waals surface area contributed by atoms with E-state index < -0.39 is 5.82 Å². The minimum absolute atomic E-state index is 0.166. The molecule has 3 aromatic heterocycles. The van der Waals surface area contributed by atoms with Crippen LogP contribution in [0.15, 0.2) is 42.7 Å². The first-order valence-corrected chi connectivity index (χ1v) is 11.1. The summed E-state index contributed by atoms with van der Waals surface area (Å²) in [6.07, 6.45) is 3.65. The minimum atomic E-state index is -0.457. The Hall–Kier alpha value is -3.79. The standard InChI is InChI=1S/C24H28FN7O2/c1-4-33-24-29-21(26)20-23(30-24)32(22(28-20)17-12-18(25)14-27-13-17)15-16-6-8-19(9-7-16)34-11-5-10-31(2)3/h6-9,12-14H,4-5,10-11,15H2,1-3H3,(H2,26,29,30). The first kappa shape index (κ1) is 23.4. The van der Waals surface area contributed by atoms with Crippen molar-refractivity contribution in [2.75, 3.05) is 39.6 Å². The van der Waals surface area contributed by atoms with Crippen molar-refractivity contribution in [1.82, 2.24) is 29.4 Å². The number of halogens is 1. The Bertz CT molecular complexity index is 1260. The van der Waals surface area contributed by atoms with Crippen LogP contribution in [0, 0.1) is 5.82 Å². The van der Waals surface area contributed by atoms with Gasteiger partial charge in [0, 0.05) is 18.3 Å². The van der Waals surface area contributed by atoms with Gasteiger partial charge in [0.05, 0.1) is 26.0 Å². The Balaban J connectivity index is 1.67. The molecule has 0 atom stereocenters. The van der Waals surface area contributed by atoms with E-state index in [0.717, 1.165) is 30.5 Å². The largest absolute Gasteiger partial charge is 0.494 e. The lowest BCUT2D eigenvalue weighted by Crippen LogP contribution is -2.15. The van der Waals surface area contributed by atoms with Crippen molar-refractivity contribution in [2.24, 2.45) is 0 Å². The van der Waals surface area contributed by atoms with E-state index in [1.54, 1.807) is 6.20 Å². The number of hydrogen-bond donors (Lipinski definition) is 1. The lowest BCUT2D eigenvalue weighted by molar-refractivity contribution is 0.281. The highest BCUT2D eigenvalue weighted by molar-refractivity contribution is 5.85. The molecular formula is C24H28FN7O2. The summed E-state index contributed by atoms with van der Waals surface area (Å²) in [7, 11) is 4.08. The van der Waals surface area contributed by atoms with E-state index in [-0.39, 0.29) is 11.8 Å². The van der Waals surface area contributed by atoms with Gasteiger partial charge in [-0.1, -0.05) is 12.1 Å². The number of fused-ring (bicyclic) bond motifs is 1. The zero-order valence-electron chi connectivity index (χ0n) is 19.5. The van der Waals surface area contributed by atoms with Gasteiger partial charge in [-0.15, -0.1) is 0 Å². The van der Waals surface area contributed by atoms with Crippen LogP contribution in [0.4, 0.5) is 10.2 Å². The van der Waals surface area contributed by atoms with Crippen molar-refractivity contribution in [2.45, 2.75) is 19.9 Å². The molecule has 0 unspecified atom stereocenters. The van der Waals surface area contributed by atoms with Crippen LogP contribution < -0.4 is 15.2 Å². The van der Waals surface area contributed by atoms with Crippen LogP contribution >= 0.6 is 0 Å². The van der Waals surface area contributed by atoms with Gasteiger partial charge in [0.15, 0.2) is 17.0 Å². The van der Waals surface area contributed by atoms with E-state index in [4.69, 9.17) is 15.2 Å². The van der Waals surface area contributed by atoms with Gasteiger partial charge in [-0.25, -0.2) is 9.37 Å². The summed E-state index contributed by atoms with van der Waals surface area (Å²) < 4.78 is 27.1. The third kappa shape index (κ3) is 5.40. The highest BCUT2D eigenvalue weighted by Crippen LogP contribution is 2.29. The molecule has 4 aromatic rings. The van der Waals surface area contributed by atoms with Crippen LogP contribution in [0.1, 0.15) is 18.9 Å². The molecule has 0 bridgehead atoms. The predicted octanol–water partition coefficient (Wildman–Crippen LogP) is 3.39. The summed E-state index contributed by atoms with van der Waals surface area (Å²) in [6.45, 7) is 4.28. The smallest absolute Gasteiger partial charge is 0.320 e. The second-order valence-corrected chi connectivity index (χ2v) is 8.06. The number of benzene rings is 1. The monoisotopic (exact) mass is 465 g/mol. The van der Waals surface area contributed by atoms with Crippen LogP contribution in [0.25, 0.3) is 22.6 Å². The van der Waals surface area contributed by atoms with Crippen LogP contribution in [0.5, 0.6) is 11.8 Å². The molecule has 0 spiro atoms. The van der Waals surface area contributed by atoms with Gasteiger partial charge in [-0.3, -0.25) is 4.98 Å². The van der Waals surface area contributed by atoms with Gasteiger partial charge in [-0.2, -0.15) is 9.97 Å². The fraction of sp³-hybridized carbons (Fsp3) is 0.333. The van der Waals surface area contributed by atoms with Crippen LogP contribution in [-0.4, -0.2) is 63.3 Å². The molecule has 0 amide bonds. The Morgan fingerprint density at radius 2 is 1.85 bits per heavy atom. The number of aromatic nitrogens is 5.